The van der Waals surface area contributed by atoms with E-state index in [1.54, 1.807) is 41.2 Å². The maximum absolute atomic E-state index is 13.0. The molecule has 0 bridgehead atoms. The minimum Gasteiger partial charge on any atom is -0.497 e. The summed E-state index contributed by atoms with van der Waals surface area (Å²) in [6.07, 6.45) is 0.703. The first-order chi connectivity index (χ1) is 12.6. The first kappa shape index (κ1) is 17.9. The van der Waals surface area contributed by atoms with Crippen molar-refractivity contribution in [2.75, 3.05) is 33.3 Å². The van der Waals surface area contributed by atoms with E-state index in [-0.39, 0.29) is 17.6 Å². The number of nitrogens with zero attached hydrogens (tertiary/aromatic N) is 2. The predicted octanol–water partition coefficient (Wildman–Crippen LogP) is 2.82. The molecule has 0 unspecified atom stereocenters. The number of hydrogen-bond acceptors (Lipinski definition) is 3. The van der Waals surface area contributed by atoms with Crippen LogP contribution in [-0.2, 0) is 0 Å². The Morgan fingerprint density at radius 2 is 1.27 bits per heavy atom. The van der Waals surface area contributed by atoms with Crippen LogP contribution in [0.3, 0.4) is 0 Å². The lowest BCUT2D eigenvalue weighted by Crippen LogP contribution is -2.37. The highest BCUT2D eigenvalue weighted by Crippen LogP contribution is 2.15. The molecule has 0 spiro atoms. The first-order valence-electron chi connectivity index (χ1n) is 8.56. The minimum absolute atomic E-state index is 0.0521. The Morgan fingerprint density at radius 3 is 1.73 bits per heavy atom. The highest BCUT2D eigenvalue weighted by atomic mass is 19.1. The Labute approximate surface area is 152 Å². The van der Waals surface area contributed by atoms with Crippen LogP contribution in [0.1, 0.15) is 27.1 Å². The Morgan fingerprint density at radius 1 is 0.808 bits per heavy atom. The molecule has 0 radical (unpaired) electrons. The molecule has 5 nitrogen and oxygen atoms in total. The first-order valence-corrected chi connectivity index (χ1v) is 8.56. The molecule has 1 fully saturated rings. The lowest BCUT2D eigenvalue weighted by molar-refractivity contribution is 0.0718. The molecule has 1 aliphatic rings. The average molecular weight is 356 g/mol. The standard InChI is InChI=1S/C20H21FN2O3/c1-26-18-9-5-16(6-10-18)20(25)23-12-2-11-22(13-14-23)19(24)15-3-7-17(21)8-4-15/h3-10H,2,11-14H2,1H3. The van der Waals surface area contributed by atoms with Gasteiger partial charge in [0.15, 0.2) is 0 Å². The van der Waals surface area contributed by atoms with E-state index in [0.29, 0.717) is 49.5 Å². The van der Waals surface area contributed by atoms with Crippen LogP contribution in [0.4, 0.5) is 4.39 Å². The molecule has 0 saturated carbocycles. The fraction of sp³-hybridized carbons (Fsp3) is 0.300. The van der Waals surface area contributed by atoms with E-state index in [1.165, 1.54) is 24.3 Å². The van der Waals surface area contributed by atoms with E-state index in [9.17, 15) is 14.0 Å². The van der Waals surface area contributed by atoms with Crippen molar-refractivity contribution in [3.05, 3.63) is 65.5 Å². The number of halogens is 1. The van der Waals surface area contributed by atoms with Crippen molar-refractivity contribution < 1.29 is 18.7 Å². The van der Waals surface area contributed by atoms with Crippen molar-refractivity contribution in [3.63, 3.8) is 0 Å². The molecule has 0 aromatic heterocycles. The predicted molar refractivity (Wildman–Crippen MR) is 95.8 cm³/mol. The molecule has 1 saturated heterocycles. The molecule has 2 aromatic carbocycles. The van der Waals surface area contributed by atoms with Gasteiger partial charge in [0.2, 0.25) is 0 Å². The van der Waals surface area contributed by atoms with Gasteiger partial charge in [0.25, 0.3) is 11.8 Å². The van der Waals surface area contributed by atoms with E-state index in [2.05, 4.69) is 0 Å². The Kier molecular flexibility index (Phi) is 5.51. The van der Waals surface area contributed by atoms with Crippen LogP contribution < -0.4 is 4.74 Å². The van der Waals surface area contributed by atoms with Gasteiger partial charge in [-0.3, -0.25) is 9.59 Å². The Balaban J connectivity index is 1.64. The monoisotopic (exact) mass is 356 g/mol. The van der Waals surface area contributed by atoms with E-state index in [4.69, 9.17) is 4.74 Å². The fourth-order valence-electron chi connectivity index (χ4n) is 3.01. The maximum atomic E-state index is 13.0. The molecule has 1 heterocycles. The lowest BCUT2D eigenvalue weighted by atomic mass is 10.2. The normalized spacial score (nSPS) is 14.7. The van der Waals surface area contributed by atoms with E-state index in [0.717, 1.165) is 0 Å². The van der Waals surface area contributed by atoms with Gasteiger partial charge in [-0.25, -0.2) is 4.39 Å². The number of carbonyl (C=O) groups is 2. The second kappa shape index (κ2) is 7.99. The molecule has 0 aliphatic carbocycles. The summed E-state index contributed by atoms with van der Waals surface area (Å²) in [5, 5.41) is 0. The molecule has 26 heavy (non-hydrogen) atoms. The SMILES string of the molecule is COc1ccc(C(=O)N2CCCN(C(=O)c3ccc(F)cc3)CC2)cc1. The van der Waals surface area contributed by atoms with E-state index >= 15 is 0 Å². The van der Waals surface area contributed by atoms with Crippen molar-refractivity contribution >= 4 is 11.8 Å². The second-order valence-corrected chi connectivity index (χ2v) is 6.17. The summed E-state index contributed by atoms with van der Waals surface area (Å²) in [5.41, 5.74) is 1.06. The van der Waals surface area contributed by atoms with Crippen LogP contribution in [0.25, 0.3) is 0 Å². The Hall–Kier alpha value is -2.89. The zero-order chi connectivity index (χ0) is 18.5. The van der Waals surface area contributed by atoms with Gasteiger partial charge in [-0.1, -0.05) is 0 Å². The molecule has 0 atom stereocenters. The third kappa shape index (κ3) is 4.02. The molecule has 136 valence electrons. The molecule has 1 aliphatic heterocycles. The summed E-state index contributed by atoms with van der Waals surface area (Å²) < 4.78 is 18.1. The molecular formula is C20H21FN2O3. The summed E-state index contributed by atoms with van der Waals surface area (Å²) in [5.74, 6) is 0.148. The molecular weight excluding hydrogens is 335 g/mol. The summed E-state index contributed by atoms with van der Waals surface area (Å²) in [4.78, 5) is 28.7. The largest absolute Gasteiger partial charge is 0.497 e. The topological polar surface area (TPSA) is 49.9 Å². The fourth-order valence-corrected chi connectivity index (χ4v) is 3.01. The summed E-state index contributed by atoms with van der Waals surface area (Å²) >= 11 is 0. The van der Waals surface area contributed by atoms with Gasteiger partial charge in [0, 0.05) is 37.3 Å². The number of amides is 2. The van der Waals surface area contributed by atoms with Crippen molar-refractivity contribution in [1.82, 2.24) is 9.80 Å². The van der Waals surface area contributed by atoms with Crippen LogP contribution in [0.5, 0.6) is 5.75 Å². The number of benzene rings is 2. The van der Waals surface area contributed by atoms with E-state index < -0.39 is 0 Å². The van der Waals surface area contributed by atoms with Gasteiger partial charge >= 0.3 is 0 Å². The number of carbonyl (C=O) groups excluding carboxylic acids is 2. The zero-order valence-electron chi connectivity index (χ0n) is 14.7. The van der Waals surface area contributed by atoms with Gasteiger partial charge in [-0.15, -0.1) is 0 Å². The summed E-state index contributed by atoms with van der Waals surface area (Å²) in [6.45, 7) is 2.09. The molecule has 0 N–H and O–H groups in total. The molecule has 2 amide bonds. The third-order valence-corrected chi connectivity index (χ3v) is 4.50. The molecule has 3 rings (SSSR count). The van der Waals surface area contributed by atoms with Gasteiger partial charge in [0.05, 0.1) is 7.11 Å². The number of rotatable bonds is 3. The summed E-state index contributed by atoms with van der Waals surface area (Å²) in [7, 11) is 1.58. The number of methoxy groups -OCH3 is 1. The lowest BCUT2D eigenvalue weighted by Gasteiger charge is -2.22. The minimum atomic E-state index is -0.367. The summed E-state index contributed by atoms with van der Waals surface area (Å²) in [6, 6.07) is 12.5. The van der Waals surface area contributed by atoms with Gasteiger partial charge < -0.3 is 14.5 Å². The highest BCUT2D eigenvalue weighted by Gasteiger charge is 2.23. The Bertz CT molecular complexity index is 775. The van der Waals surface area contributed by atoms with Crippen molar-refractivity contribution in [1.29, 1.82) is 0 Å². The quantitative estimate of drug-likeness (QED) is 0.850. The highest BCUT2D eigenvalue weighted by molar-refractivity contribution is 5.95. The average Bonchev–Trinajstić information content (AvgIpc) is 2.94. The van der Waals surface area contributed by atoms with E-state index in [1.807, 2.05) is 0 Å². The van der Waals surface area contributed by atoms with Crippen LogP contribution in [0.2, 0.25) is 0 Å². The van der Waals surface area contributed by atoms with Crippen LogP contribution in [-0.4, -0.2) is 54.9 Å². The third-order valence-electron chi connectivity index (χ3n) is 4.50. The van der Waals surface area contributed by atoms with Crippen LogP contribution >= 0.6 is 0 Å². The van der Waals surface area contributed by atoms with Gasteiger partial charge in [-0.05, 0) is 55.0 Å². The maximum Gasteiger partial charge on any atom is 0.253 e. The van der Waals surface area contributed by atoms with Gasteiger partial charge in [-0.2, -0.15) is 0 Å². The van der Waals surface area contributed by atoms with Crippen LogP contribution in [0, 0.1) is 5.82 Å². The van der Waals surface area contributed by atoms with Crippen molar-refractivity contribution in [2.45, 2.75) is 6.42 Å². The second-order valence-electron chi connectivity index (χ2n) is 6.17. The van der Waals surface area contributed by atoms with Crippen molar-refractivity contribution in [2.24, 2.45) is 0 Å². The van der Waals surface area contributed by atoms with Gasteiger partial charge in [0.1, 0.15) is 11.6 Å². The van der Waals surface area contributed by atoms with Crippen LogP contribution in [0.15, 0.2) is 48.5 Å². The molecule has 2 aromatic rings. The van der Waals surface area contributed by atoms with Crippen molar-refractivity contribution in [3.8, 4) is 5.75 Å². The smallest absolute Gasteiger partial charge is 0.253 e. The number of ether oxygens (including phenoxy) is 1. The molecule has 6 heteroatoms. The zero-order valence-corrected chi connectivity index (χ0v) is 14.7. The number of hydrogen-bond donors (Lipinski definition) is 0.